The van der Waals surface area contributed by atoms with Crippen molar-refractivity contribution in [1.29, 1.82) is 0 Å². The molecule has 2 amide bonds. The predicted octanol–water partition coefficient (Wildman–Crippen LogP) is 3.12. The topological polar surface area (TPSA) is 117 Å². The minimum Gasteiger partial charge on any atom is -0.368 e. The Bertz CT molecular complexity index is 1490. The van der Waals surface area contributed by atoms with Crippen molar-refractivity contribution in [2.75, 3.05) is 28.6 Å². The summed E-state index contributed by atoms with van der Waals surface area (Å²) in [6, 6.07) is 5.38. The first-order valence-corrected chi connectivity index (χ1v) is 11.7. The van der Waals surface area contributed by atoms with E-state index in [0.29, 0.717) is 16.6 Å². The largest absolute Gasteiger partial charge is 0.368 e. The molecule has 4 aromatic rings. The van der Waals surface area contributed by atoms with E-state index in [1.165, 1.54) is 17.4 Å². The van der Waals surface area contributed by atoms with Gasteiger partial charge in [0.2, 0.25) is 11.9 Å². The number of benzene rings is 1. The lowest BCUT2D eigenvalue weighted by Gasteiger charge is -2.38. The van der Waals surface area contributed by atoms with E-state index in [9.17, 15) is 14.0 Å². The fourth-order valence-electron chi connectivity index (χ4n) is 4.75. The molecule has 1 aliphatic heterocycles. The summed E-state index contributed by atoms with van der Waals surface area (Å²) >= 11 is 0. The van der Waals surface area contributed by atoms with Crippen LogP contribution in [0.2, 0.25) is 0 Å². The van der Waals surface area contributed by atoms with Gasteiger partial charge in [0, 0.05) is 67.8 Å². The Kier molecular flexibility index (Phi) is 6.00. The van der Waals surface area contributed by atoms with Gasteiger partial charge in [-0.3, -0.25) is 14.9 Å². The Morgan fingerprint density at radius 2 is 1.86 bits per heavy atom. The Morgan fingerprint density at radius 3 is 2.58 bits per heavy atom. The highest BCUT2D eigenvalue weighted by molar-refractivity contribution is 6.14. The maximum atomic E-state index is 14.6. The zero-order valence-electron chi connectivity index (χ0n) is 20.5. The number of hydrogen-bond donors (Lipinski definition) is 3. The fourth-order valence-corrected chi connectivity index (χ4v) is 4.75. The molecule has 0 bridgehead atoms. The van der Waals surface area contributed by atoms with E-state index in [2.05, 4.69) is 49.6 Å². The molecular formula is C25H27FN8O2. The minimum atomic E-state index is -0.543. The number of nitrogens with one attached hydrogen (secondary N) is 3. The average Bonchev–Trinajstić information content (AvgIpc) is 3.18. The number of carbonyl (C=O) groups excluding carboxylic acids is 2. The number of amides is 2. The van der Waals surface area contributed by atoms with Gasteiger partial charge in [-0.15, -0.1) is 0 Å². The van der Waals surface area contributed by atoms with Crippen LogP contribution in [-0.2, 0) is 4.79 Å². The molecule has 0 spiro atoms. The second-order valence-electron chi connectivity index (χ2n) is 9.29. The molecular weight excluding hydrogens is 463 g/mol. The van der Waals surface area contributed by atoms with E-state index in [1.54, 1.807) is 31.6 Å². The van der Waals surface area contributed by atoms with Crippen LogP contribution in [0.1, 0.15) is 36.8 Å². The first-order valence-electron chi connectivity index (χ1n) is 11.7. The zero-order valence-corrected chi connectivity index (χ0v) is 20.5. The first kappa shape index (κ1) is 23.6. The van der Waals surface area contributed by atoms with Crippen molar-refractivity contribution in [2.24, 2.45) is 0 Å². The molecule has 0 saturated carbocycles. The molecule has 4 heterocycles. The van der Waals surface area contributed by atoms with Crippen LogP contribution in [0, 0.1) is 12.7 Å². The van der Waals surface area contributed by atoms with E-state index in [4.69, 9.17) is 0 Å². The van der Waals surface area contributed by atoms with E-state index >= 15 is 0 Å². The predicted molar refractivity (Wildman–Crippen MR) is 136 cm³/mol. The number of aromatic nitrogens is 4. The molecule has 36 heavy (non-hydrogen) atoms. The lowest BCUT2D eigenvalue weighted by atomic mass is 10.0. The third kappa shape index (κ3) is 4.57. The number of anilines is 3. The minimum absolute atomic E-state index is 0.101. The van der Waals surface area contributed by atoms with Gasteiger partial charge >= 0.3 is 0 Å². The Balaban J connectivity index is 1.56. The van der Waals surface area contributed by atoms with E-state index in [-0.39, 0.29) is 40.8 Å². The van der Waals surface area contributed by atoms with Crippen LogP contribution in [0.5, 0.6) is 0 Å². The molecule has 1 saturated heterocycles. The summed E-state index contributed by atoms with van der Waals surface area (Å²) in [5.41, 5.74) is 2.70. The number of fused-ring (bicyclic) bond motifs is 2. The monoisotopic (exact) mass is 490 g/mol. The fraction of sp³-hybridized carbons (Fsp3) is 0.320. The lowest BCUT2D eigenvalue weighted by Crippen LogP contribution is -2.54. The Hall–Kier alpha value is -4.12. The summed E-state index contributed by atoms with van der Waals surface area (Å²) in [6.07, 6.45) is 4.91. The van der Waals surface area contributed by atoms with Crippen LogP contribution in [0.15, 0.2) is 36.8 Å². The van der Waals surface area contributed by atoms with Gasteiger partial charge in [0.05, 0.1) is 22.5 Å². The molecule has 1 fully saturated rings. The second-order valence-corrected chi connectivity index (χ2v) is 9.29. The van der Waals surface area contributed by atoms with E-state index < -0.39 is 11.7 Å². The number of rotatable bonds is 4. The summed E-state index contributed by atoms with van der Waals surface area (Å²) in [4.78, 5) is 40.2. The number of aryl methyl sites for hydroxylation is 1. The summed E-state index contributed by atoms with van der Waals surface area (Å²) in [5, 5.41) is 9.54. The van der Waals surface area contributed by atoms with Crippen molar-refractivity contribution in [1.82, 2.24) is 24.7 Å². The number of imidazole rings is 1. The number of pyridine rings is 1. The van der Waals surface area contributed by atoms with Crippen molar-refractivity contribution in [3.63, 3.8) is 0 Å². The van der Waals surface area contributed by atoms with Crippen LogP contribution in [0.25, 0.3) is 16.6 Å². The molecule has 5 rings (SSSR count). The van der Waals surface area contributed by atoms with Crippen LogP contribution in [-0.4, -0.2) is 56.3 Å². The van der Waals surface area contributed by atoms with Crippen LogP contribution in [0.4, 0.5) is 21.7 Å². The quantitative estimate of drug-likeness (QED) is 0.402. The van der Waals surface area contributed by atoms with Gasteiger partial charge < -0.3 is 19.9 Å². The molecule has 1 aliphatic rings. The standard InChI is InChI=1S/C25H27FN8O2/c1-13-9-33(10-14(2)28-13)21-6-5-18(22-19(21)8-27-25(32-22)30-16(4)35)24(36)31-17-7-20(26)23-29-15(3)11-34(23)12-17/h5-8,11-14,28H,9-10H2,1-4H3,(H,31,36)(H,27,30,32,35)/t13-,14-/m1/s1. The highest BCUT2D eigenvalue weighted by Gasteiger charge is 2.25. The van der Waals surface area contributed by atoms with Gasteiger partial charge in [0.15, 0.2) is 11.5 Å². The number of carbonyl (C=O) groups is 2. The van der Waals surface area contributed by atoms with Crippen molar-refractivity contribution in [3.8, 4) is 0 Å². The van der Waals surface area contributed by atoms with Crippen LogP contribution < -0.4 is 20.9 Å². The van der Waals surface area contributed by atoms with Gasteiger partial charge in [-0.1, -0.05) is 0 Å². The van der Waals surface area contributed by atoms with E-state index in [0.717, 1.165) is 18.8 Å². The van der Waals surface area contributed by atoms with Gasteiger partial charge in [0.25, 0.3) is 5.91 Å². The van der Waals surface area contributed by atoms with Gasteiger partial charge in [-0.2, -0.15) is 0 Å². The number of piperazine rings is 1. The average molecular weight is 491 g/mol. The van der Waals surface area contributed by atoms with Gasteiger partial charge in [0.1, 0.15) is 0 Å². The molecule has 1 aromatic carbocycles. The molecule has 0 radical (unpaired) electrons. The summed E-state index contributed by atoms with van der Waals surface area (Å²) in [5.74, 6) is -1.22. The molecule has 186 valence electrons. The SMILES string of the molecule is CC(=O)Nc1ncc2c(N3C[C@@H](C)N[C@H](C)C3)ccc(C(=O)Nc3cc(F)c4nc(C)cn4c3)c2n1. The molecule has 3 N–H and O–H groups in total. The smallest absolute Gasteiger partial charge is 0.257 e. The summed E-state index contributed by atoms with van der Waals surface area (Å²) in [6.45, 7) is 8.93. The van der Waals surface area contributed by atoms with Crippen LogP contribution in [0.3, 0.4) is 0 Å². The van der Waals surface area contributed by atoms with Crippen molar-refractivity contribution in [3.05, 3.63) is 53.9 Å². The van der Waals surface area contributed by atoms with Crippen molar-refractivity contribution in [2.45, 2.75) is 39.8 Å². The first-order chi connectivity index (χ1) is 17.2. The second kappa shape index (κ2) is 9.15. The van der Waals surface area contributed by atoms with Crippen LogP contribution >= 0.6 is 0 Å². The molecule has 3 aromatic heterocycles. The highest BCUT2D eigenvalue weighted by atomic mass is 19.1. The third-order valence-electron chi connectivity index (χ3n) is 6.04. The van der Waals surface area contributed by atoms with Crippen molar-refractivity contribution < 1.29 is 14.0 Å². The molecule has 0 unspecified atom stereocenters. The Morgan fingerprint density at radius 1 is 1.11 bits per heavy atom. The lowest BCUT2D eigenvalue weighted by molar-refractivity contribution is -0.114. The normalized spacial score (nSPS) is 18.0. The molecule has 0 aliphatic carbocycles. The zero-order chi connectivity index (χ0) is 25.6. The van der Waals surface area contributed by atoms with Crippen molar-refractivity contribution >= 4 is 45.7 Å². The maximum absolute atomic E-state index is 14.6. The third-order valence-corrected chi connectivity index (χ3v) is 6.04. The number of nitrogens with zero attached hydrogens (tertiary/aromatic N) is 5. The summed E-state index contributed by atoms with van der Waals surface area (Å²) < 4.78 is 16.1. The number of halogens is 1. The molecule has 2 atom stereocenters. The number of hydrogen-bond acceptors (Lipinski definition) is 7. The van der Waals surface area contributed by atoms with Gasteiger partial charge in [-0.05, 0) is 32.9 Å². The van der Waals surface area contributed by atoms with E-state index in [1.807, 2.05) is 6.07 Å². The maximum Gasteiger partial charge on any atom is 0.257 e. The molecule has 11 heteroatoms. The van der Waals surface area contributed by atoms with Gasteiger partial charge in [-0.25, -0.2) is 19.3 Å². The Labute approximate surface area is 206 Å². The summed E-state index contributed by atoms with van der Waals surface area (Å²) in [7, 11) is 0. The molecule has 10 nitrogen and oxygen atoms in total. The highest BCUT2D eigenvalue weighted by Crippen LogP contribution is 2.31.